The molecule has 0 fully saturated rings. The van der Waals surface area contributed by atoms with E-state index in [0.717, 1.165) is 0 Å². The highest BCUT2D eigenvalue weighted by atomic mass is 16.5. The summed E-state index contributed by atoms with van der Waals surface area (Å²) in [7, 11) is 0. The summed E-state index contributed by atoms with van der Waals surface area (Å²) in [6.07, 6.45) is 0.127. The van der Waals surface area contributed by atoms with Gasteiger partial charge < -0.3 is 14.6 Å². The Kier molecular flexibility index (Phi) is 6.91. The second-order valence-corrected chi connectivity index (χ2v) is 4.82. The van der Waals surface area contributed by atoms with Crippen LogP contribution in [0.15, 0.2) is 0 Å². The summed E-state index contributed by atoms with van der Waals surface area (Å²) in [4.78, 5) is 23.5. The van der Waals surface area contributed by atoms with Crippen molar-refractivity contribution in [2.24, 2.45) is 11.3 Å². The minimum atomic E-state index is -1.52. The van der Waals surface area contributed by atoms with Gasteiger partial charge in [0.05, 0.1) is 12.7 Å². The summed E-state index contributed by atoms with van der Waals surface area (Å²) < 4.78 is 10.3. The lowest BCUT2D eigenvalue weighted by molar-refractivity contribution is -0.174. The van der Waals surface area contributed by atoms with Crippen molar-refractivity contribution in [1.29, 1.82) is 0 Å². The predicted octanol–water partition coefficient (Wildman–Crippen LogP) is 2.09. The molecule has 0 saturated carbocycles. The first kappa shape index (κ1) is 16.9. The molecule has 0 saturated heterocycles. The number of hydrogen-bond acceptors (Lipinski definition) is 4. The first-order valence-corrected chi connectivity index (χ1v) is 6.31. The zero-order valence-electron chi connectivity index (χ0n) is 11.9. The van der Waals surface area contributed by atoms with Gasteiger partial charge in [-0.2, -0.15) is 0 Å². The zero-order valence-corrected chi connectivity index (χ0v) is 11.9. The molecule has 0 aromatic carbocycles. The van der Waals surface area contributed by atoms with Gasteiger partial charge in [0.2, 0.25) is 0 Å². The Balaban J connectivity index is 4.99. The molecule has 1 N–H and O–H groups in total. The quantitative estimate of drug-likeness (QED) is 0.534. The predicted molar refractivity (Wildman–Crippen MR) is 67.2 cm³/mol. The molecule has 1 atom stereocenters. The minimum Gasteiger partial charge on any atom is -0.480 e. The van der Waals surface area contributed by atoms with Crippen LogP contribution in [-0.2, 0) is 19.1 Å². The van der Waals surface area contributed by atoms with Gasteiger partial charge in [0.15, 0.2) is 5.41 Å². The van der Waals surface area contributed by atoms with E-state index in [1.165, 1.54) is 0 Å². The normalized spacial score (nSPS) is 14.6. The van der Waals surface area contributed by atoms with Gasteiger partial charge in [-0.05, 0) is 33.1 Å². The maximum absolute atomic E-state index is 12.0. The van der Waals surface area contributed by atoms with E-state index in [-0.39, 0.29) is 31.7 Å². The van der Waals surface area contributed by atoms with Crippen LogP contribution in [0.4, 0.5) is 0 Å². The summed E-state index contributed by atoms with van der Waals surface area (Å²) >= 11 is 0. The highest BCUT2D eigenvalue weighted by Gasteiger charge is 2.50. The number of hydrogen-bond donors (Lipinski definition) is 1. The monoisotopic (exact) mass is 260 g/mol. The third-order valence-electron chi connectivity index (χ3n) is 2.95. The zero-order chi connectivity index (χ0) is 14.3. The summed E-state index contributed by atoms with van der Waals surface area (Å²) in [6.45, 7) is 9.20. The van der Waals surface area contributed by atoms with Crippen molar-refractivity contribution in [3.63, 3.8) is 0 Å². The highest BCUT2D eigenvalue weighted by molar-refractivity contribution is 5.99. The van der Waals surface area contributed by atoms with Crippen molar-refractivity contribution in [1.82, 2.24) is 0 Å². The summed E-state index contributed by atoms with van der Waals surface area (Å²) in [5.41, 5.74) is -1.52. The number of carboxylic acid groups (broad SMARTS) is 1. The van der Waals surface area contributed by atoms with Crippen LogP contribution in [0.3, 0.4) is 0 Å². The summed E-state index contributed by atoms with van der Waals surface area (Å²) in [6, 6.07) is 0. The fourth-order valence-corrected chi connectivity index (χ4v) is 1.78. The second-order valence-electron chi connectivity index (χ2n) is 4.82. The largest absolute Gasteiger partial charge is 0.480 e. The minimum absolute atomic E-state index is 0.00542. The molecule has 1 unspecified atom stereocenters. The lowest BCUT2D eigenvalue weighted by Crippen LogP contribution is -2.46. The first-order chi connectivity index (χ1) is 8.28. The number of esters is 1. The van der Waals surface area contributed by atoms with Gasteiger partial charge in [0, 0.05) is 6.61 Å². The number of carboxylic acids is 1. The van der Waals surface area contributed by atoms with Crippen molar-refractivity contribution in [3.05, 3.63) is 0 Å². The standard InChI is InChI=1S/C13H24O5/c1-6-17-12(16)13(9(2)3,11(14)15)7-8-18-10(4)5/h9-10H,6-8H2,1-5H3,(H,14,15). The van der Waals surface area contributed by atoms with Crippen LogP contribution in [-0.4, -0.2) is 36.4 Å². The number of carbonyl (C=O) groups excluding carboxylic acids is 1. The van der Waals surface area contributed by atoms with E-state index in [0.29, 0.717) is 0 Å². The third-order valence-corrected chi connectivity index (χ3v) is 2.95. The van der Waals surface area contributed by atoms with E-state index in [4.69, 9.17) is 9.47 Å². The molecule has 0 aromatic heterocycles. The summed E-state index contributed by atoms with van der Waals surface area (Å²) in [5.74, 6) is -2.19. The fraction of sp³-hybridized carbons (Fsp3) is 0.846. The Hall–Kier alpha value is -1.10. The SMILES string of the molecule is CCOC(=O)C(CCOC(C)C)(C(=O)O)C(C)C. The smallest absolute Gasteiger partial charge is 0.323 e. The Labute approximate surface area is 108 Å². The Morgan fingerprint density at radius 1 is 1.22 bits per heavy atom. The van der Waals surface area contributed by atoms with E-state index in [1.54, 1.807) is 20.8 Å². The van der Waals surface area contributed by atoms with Crippen molar-refractivity contribution in [2.45, 2.75) is 47.1 Å². The van der Waals surface area contributed by atoms with E-state index < -0.39 is 17.4 Å². The van der Waals surface area contributed by atoms with Crippen molar-refractivity contribution in [2.75, 3.05) is 13.2 Å². The molecule has 0 aliphatic carbocycles. The lowest BCUT2D eigenvalue weighted by Gasteiger charge is -2.30. The molecule has 18 heavy (non-hydrogen) atoms. The van der Waals surface area contributed by atoms with Crippen LogP contribution in [0.1, 0.15) is 41.0 Å². The summed E-state index contributed by atoms with van der Waals surface area (Å²) in [5, 5.41) is 9.40. The molecule has 0 amide bonds. The van der Waals surface area contributed by atoms with Gasteiger partial charge in [-0.15, -0.1) is 0 Å². The Bertz CT molecular complexity index is 285. The highest BCUT2D eigenvalue weighted by Crippen LogP contribution is 2.34. The van der Waals surface area contributed by atoms with E-state index in [1.807, 2.05) is 13.8 Å². The molecule has 0 aliphatic rings. The van der Waals surface area contributed by atoms with Gasteiger partial charge in [-0.3, -0.25) is 9.59 Å². The van der Waals surface area contributed by atoms with Crippen LogP contribution >= 0.6 is 0 Å². The van der Waals surface area contributed by atoms with Crippen LogP contribution < -0.4 is 0 Å². The van der Waals surface area contributed by atoms with Crippen molar-refractivity contribution in [3.8, 4) is 0 Å². The average Bonchev–Trinajstić information content (AvgIpc) is 2.23. The molecule has 0 spiro atoms. The average molecular weight is 260 g/mol. The number of ether oxygens (including phenoxy) is 2. The fourth-order valence-electron chi connectivity index (χ4n) is 1.78. The maximum Gasteiger partial charge on any atom is 0.323 e. The number of carbonyl (C=O) groups is 2. The van der Waals surface area contributed by atoms with E-state index >= 15 is 0 Å². The number of rotatable bonds is 8. The van der Waals surface area contributed by atoms with Gasteiger partial charge in [0.1, 0.15) is 0 Å². The first-order valence-electron chi connectivity index (χ1n) is 6.31. The second kappa shape index (κ2) is 7.36. The molecule has 0 heterocycles. The van der Waals surface area contributed by atoms with Gasteiger partial charge in [-0.1, -0.05) is 13.8 Å². The Morgan fingerprint density at radius 3 is 2.11 bits per heavy atom. The van der Waals surface area contributed by atoms with Crippen LogP contribution in [0.2, 0.25) is 0 Å². The molecule has 0 bridgehead atoms. The molecule has 0 radical (unpaired) electrons. The number of aliphatic carboxylic acids is 1. The van der Waals surface area contributed by atoms with Gasteiger partial charge in [-0.25, -0.2) is 0 Å². The molecule has 5 nitrogen and oxygen atoms in total. The van der Waals surface area contributed by atoms with Gasteiger partial charge >= 0.3 is 11.9 Å². The Morgan fingerprint density at radius 2 is 1.78 bits per heavy atom. The van der Waals surface area contributed by atoms with Crippen LogP contribution in [0.25, 0.3) is 0 Å². The third kappa shape index (κ3) is 3.98. The van der Waals surface area contributed by atoms with Gasteiger partial charge in [0.25, 0.3) is 0 Å². The van der Waals surface area contributed by atoms with E-state index in [9.17, 15) is 14.7 Å². The van der Waals surface area contributed by atoms with Crippen LogP contribution in [0.5, 0.6) is 0 Å². The lowest BCUT2D eigenvalue weighted by atomic mass is 9.74. The molecule has 0 aliphatic heterocycles. The van der Waals surface area contributed by atoms with E-state index in [2.05, 4.69) is 0 Å². The maximum atomic E-state index is 12.0. The molecule has 5 heteroatoms. The van der Waals surface area contributed by atoms with Crippen molar-refractivity contribution < 1.29 is 24.2 Å². The molecule has 106 valence electrons. The molecular formula is C13H24O5. The topological polar surface area (TPSA) is 72.8 Å². The molecular weight excluding hydrogens is 236 g/mol. The van der Waals surface area contributed by atoms with Crippen molar-refractivity contribution >= 4 is 11.9 Å². The molecule has 0 aromatic rings. The molecule has 0 rings (SSSR count). The van der Waals surface area contributed by atoms with Crippen LogP contribution in [0, 0.1) is 11.3 Å².